The van der Waals surface area contributed by atoms with Gasteiger partial charge in [0.15, 0.2) is 6.10 Å². The van der Waals surface area contributed by atoms with Crippen LogP contribution in [-0.2, 0) is 4.79 Å². The van der Waals surface area contributed by atoms with Crippen molar-refractivity contribution in [3.63, 3.8) is 0 Å². The topological polar surface area (TPSA) is 38.3 Å². The molecular formula is C18H20ClNO2. The summed E-state index contributed by atoms with van der Waals surface area (Å²) in [6.45, 7) is 7.57. The van der Waals surface area contributed by atoms with Gasteiger partial charge in [0.2, 0.25) is 0 Å². The highest BCUT2D eigenvalue weighted by Crippen LogP contribution is 2.23. The first-order valence-corrected chi connectivity index (χ1v) is 7.56. The third-order valence-electron chi connectivity index (χ3n) is 3.54. The minimum Gasteiger partial charge on any atom is -0.481 e. The van der Waals surface area contributed by atoms with Crippen LogP contribution < -0.4 is 10.1 Å². The van der Waals surface area contributed by atoms with Crippen LogP contribution in [0.1, 0.15) is 23.6 Å². The van der Waals surface area contributed by atoms with Gasteiger partial charge in [-0.3, -0.25) is 4.79 Å². The standard InChI is InChI=1S/C18H20ClNO2/c1-11-6-5-7-12(2)17(11)20-18(21)14(4)22-15-8-9-16(19)13(3)10-15/h5-10,14H,1-4H3,(H,20,21)/t14-/m1/s1. The Morgan fingerprint density at radius 3 is 2.32 bits per heavy atom. The monoisotopic (exact) mass is 317 g/mol. The molecule has 116 valence electrons. The molecule has 0 bridgehead atoms. The van der Waals surface area contributed by atoms with Gasteiger partial charge in [0.1, 0.15) is 5.75 Å². The minimum absolute atomic E-state index is 0.176. The zero-order chi connectivity index (χ0) is 16.3. The molecule has 0 saturated carbocycles. The van der Waals surface area contributed by atoms with Crippen molar-refractivity contribution in [3.8, 4) is 5.75 Å². The molecule has 1 amide bonds. The molecule has 0 fully saturated rings. The second-order valence-electron chi connectivity index (χ2n) is 5.43. The maximum atomic E-state index is 12.3. The molecule has 22 heavy (non-hydrogen) atoms. The molecule has 0 aliphatic rings. The van der Waals surface area contributed by atoms with E-state index in [1.807, 2.05) is 45.0 Å². The molecule has 0 spiro atoms. The lowest BCUT2D eigenvalue weighted by Gasteiger charge is -2.17. The largest absolute Gasteiger partial charge is 0.481 e. The number of anilines is 1. The summed E-state index contributed by atoms with van der Waals surface area (Å²) in [7, 11) is 0. The van der Waals surface area contributed by atoms with Crippen molar-refractivity contribution in [2.75, 3.05) is 5.32 Å². The highest BCUT2D eigenvalue weighted by Gasteiger charge is 2.16. The first kappa shape index (κ1) is 16.4. The number of hydrogen-bond donors (Lipinski definition) is 1. The van der Waals surface area contributed by atoms with Crippen molar-refractivity contribution >= 4 is 23.2 Å². The number of carbonyl (C=O) groups is 1. The highest BCUT2D eigenvalue weighted by atomic mass is 35.5. The van der Waals surface area contributed by atoms with E-state index in [2.05, 4.69) is 5.32 Å². The summed E-state index contributed by atoms with van der Waals surface area (Å²) in [6.07, 6.45) is -0.598. The van der Waals surface area contributed by atoms with Crippen molar-refractivity contribution < 1.29 is 9.53 Å². The van der Waals surface area contributed by atoms with Crippen molar-refractivity contribution in [2.24, 2.45) is 0 Å². The predicted molar refractivity (Wildman–Crippen MR) is 90.8 cm³/mol. The molecule has 2 aromatic rings. The minimum atomic E-state index is -0.598. The summed E-state index contributed by atoms with van der Waals surface area (Å²) < 4.78 is 5.69. The number of halogens is 1. The Morgan fingerprint density at radius 2 is 1.73 bits per heavy atom. The van der Waals surface area contributed by atoms with Gasteiger partial charge in [0.05, 0.1) is 0 Å². The Bertz CT molecular complexity index is 677. The van der Waals surface area contributed by atoms with Crippen molar-refractivity contribution in [3.05, 3.63) is 58.1 Å². The molecule has 1 atom stereocenters. The summed E-state index contributed by atoms with van der Waals surface area (Å²) >= 11 is 5.99. The van der Waals surface area contributed by atoms with Crippen molar-refractivity contribution in [1.82, 2.24) is 0 Å². The molecule has 3 nitrogen and oxygen atoms in total. The zero-order valence-electron chi connectivity index (χ0n) is 13.2. The SMILES string of the molecule is Cc1cc(O[C@H](C)C(=O)Nc2c(C)cccc2C)ccc1Cl. The van der Waals surface area contributed by atoms with Crippen LogP contribution in [0.5, 0.6) is 5.75 Å². The predicted octanol–water partition coefficient (Wildman–Crippen LogP) is 4.67. The molecule has 2 aromatic carbocycles. The fraction of sp³-hybridized carbons (Fsp3) is 0.278. The van der Waals surface area contributed by atoms with E-state index in [-0.39, 0.29) is 5.91 Å². The van der Waals surface area contributed by atoms with E-state index < -0.39 is 6.10 Å². The van der Waals surface area contributed by atoms with Gasteiger partial charge in [-0.2, -0.15) is 0 Å². The van der Waals surface area contributed by atoms with Gasteiger partial charge in [0, 0.05) is 10.7 Å². The van der Waals surface area contributed by atoms with Gasteiger partial charge in [-0.05, 0) is 62.6 Å². The van der Waals surface area contributed by atoms with Crippen molar-refractivity contribution in [2.45, 2.75) is 33.8 Å². The molecule has 0 saturated heterocycles. The molecule has 2 rings (SSSR count). The molecule has 1 N–H and O–H groups in total. The second-order valence-corrected chi connectivity index (χ2v) is 5.83. The quantitative estimate of drug-likeness (QED) is 0.889. The Labute approximate surface area is 136 Å². The maximum absolute atomic E-state index is 12.3. The van der Waals surface area contributed by atoms with E-state index in [0.717, 1.165) is 22.4 Å². The Morgan fingerprint density at radius 1 is 1.09 bits per heavy atom. The number of ether oxygens (including phenoxy) is 1. The van der Waals surface area contributed by atoms with E-state index in [4.69, 9.17) is 16.3 Å². The van der Waals surface area contributed by atoms with Gasteiger partial charge in [-0.1, -0.05) is 29.8 Å². The molecule has 0 aliphatic heterocycles. The Kier molecular flexibility index (Phi) is 5.09. The maximum Gasteiger partial charge on any atom is 0.265 e. The van der Waals surface area contributed by atoms with E-state index in [9.17, 15) is 4.79 Å². The fourth-order valence-electron chi connectivity index (χ4n) is 2.18. The van der Waals surface area contributed by atoms with E-state index in [1.165, 1.54) is 0 Å². The van der Waals surface area contributed by atoms with Gasteiger partial charge in [-0.25, -0.2) is 0 Å². The average molecular weight is 318 g/mol. The number of amides is 1. The third-order valence-corrected chi connectivity index (χ3v) is 3.96. The third kappa shape index (κ3) is 3.80. The number of nitrogens with one attached hydrogen (secondary N) is 1. The number of aryl methyl sites for hydroxylation is 3. The summed E-state index contributed by atoms with van der Waals surface area (Å²) in [5.41, 5.74) is 3.82. The van der Waals surface area contributed by atoms with Crippen LogP contribution in [0.3, 0.4) is 0 Å². The van der Waals surface area contributed by atoms with Crippen LogP contribution in [0.2, 0.25) is 5.02 Å². The molecule has 0 heterocycles. The molecule has 0 radical (unpaired) electrons. The summed E-state index contributed by atoms with van der Waals surface area (Å²) in [5, 5.41) is 3.62. The van der Waals surface area contributed by atoms with Gasteiger partial charge < -0.3 is 10.1 Å². The molecule has 4 heteroatoms. The number of benzene rings is 2. The van der Waals surface area contributed by atoms with Crippen LogP contribution in [-0.4, -0.2) is 12.0 Å². The lowest BCUT2D eigenvalue weighted by atomic mass is 10.1. The molecule has 0 aromatic heterocycles. The molecular weight excluding hydrogens is 298 g/mol. The Balaban J connectivity index is 2.07. The summed E-state index contributed by atoms with van der Waals surface area (Å²) in [6, 6.07) is 11.3. The summed E-state index contributed by atoms with van der Waals surface area (Å²) in [5.74, 6) is 0.455. The lowest BCUT2D eigenvalue weighted by Crippen LogP contribution is -2.30. The van der Waals surface area contributed by atoms with Crippen LogP contribution in [0.4, 0.5) is 5.69 Å². The smallest absolute Gasteiger partial charge is 0.265 e. The zero-order valence-corrected chi connectivity index (χ0v) is 14.0. The van der Waals surface area contributed by atoms with Crippen LogP contribution in [0, 0.1) is 20.8 Å². The number of para-hydroxylation sites is 1. The van der Waals surface area contributed by atoms with Crippen molar-refractivity contribution in [1.29, 1.82) is 0 Å². The van der Waals surface area contributed by atoms with Gasteiger partial charge in [-0.15, -0.1) is 0 Å². The van der Waals surface area contributed by atoms with Crippen LogP contribution in [0.25, 0.3) is 0 Å². The molecule has 0 aliphatic carbocycles. The van der Waals surface area contributed by atoms with Gasteiger partial charge >= 0.3 is 0 Å². The number of hydrogen-bond acceptors (Lipinski definition) is 2. The van der Waals surface area contributed by atoms with E-state index in [1.54, 1.807) is 19.1 Å². The average Bonchev–Trinajstić information content (AvgIpc) is 2.46. The van der Waals surface area contributed by atoms with Gasteiger partial charge in [0.25, 0.3) is 5.91 Å². The van der Waals surface area contributed by atoms with Crippen LogP contribution in [0.15, 0.2) is 36.4 Å². The first-order chi connectivity index (χ1) is 10.4. The number of carbonyl (C=O) groups excluding carboxylic acids is 1. The fourth-order valence-corrected chi connectivity index (χ4v) is 2.30. The highest BCUT2D eigenvalue weighted by molar-refractivity contribution is 6.31. The first-order valence-electron chi connectivity index (χ1n) is 7.18. The second kappa shape index (κ2) is 6.84. The van der Waals surface area contributed by atoms with E-state index in [0.29, 0.717) is 10.8 Å². The van der Waals surface area contributed by atoms with E-state index >= 15 is 0 Å². The summed E-state index contributed by atoms with van der Waals surface area (Å²) in [4.78, 5) is 12.3. The van der Waals surface area contributed by atoms with Crippen LogP contribution >= 0.6 is 11.6 Å². The number of rotatable bonds is 4. The Hall–Kier alpha value is -2.00. The lowest BCUT2D eigenvalue weighted by molar-refractivity contribution is -0.122. The normalized spacial score (nSPS) is 11.9. The molecule has 0 unspecified atom stereocenters.